The average Bonchev–Trinajstić information content (AvgIpc) is 3.56. The van der Waals surface area contributed by atoms with E-state index >= 15 is 0 Å². The summed E-state index contributed by atoms with van der Waals surface area (Å²) in [6.45, 7) is 8.35. The summed E-state index contributed by atoms with van der Waals surface area (Å²) in [5.41, 5.74) is 2.84. The molecule has 0 bridgehead atoms. The molecule has 164 valence electrons. The Morgan fingerprint density at radius 2 is 1.70 bits per heavy atom. The zero-order chi connectivity index (χ0) is 20.9. The highest BCUT2D eigenvalue weighted by atomic mass is 16.2. The van der Waals surface area contributed by atoms with E-state index in [0.717, 1.165) is 58.1 Å². The molecule has 30 heavy (non-hydrogen) atoms. The summed E-state index contributed by atoms with van der Waals surface area (Å²) in [5, 5.41) is 3.68. The number of guanidine groups is 1. The van der Waals surface area contributed by atoms with Gasteiger partial charge in [-0.25, -0.2) is 0 Å². The van der Waals surface area contributed by atoms with Gasteiger partial charge < -0.3 is 15.1 Å². The molecule has 0 spiro atoms. The standard InChI is InChI=1S/C24H37N5O/c1-19-9-5-6-10-20(19)21-17-22(21)26-24(25-2)29-15-13-27(14-16-29)18-23(30)28-11-7-3-4-8-12-28/h5-6,9-10,21-22H,3-4,7-8,11-18H2,1-2H3,(H,25,26). The number of hydrogen-bond acceptors (Lipinski definition) is 3. The monoisotopic (exact) mass is 411 g/mol. The number of hydrogen-bond donors (Lipinski definition) is 1. The van der Waals surface area contributed by atoms with Crippen LogP contribution in [0.15, 0.2) is 29.3 Å². The molecule has 2 saturated heterocycles. The van der Waals surface area contributed by atoms with Crippen LogP contribution in [0.1, 0.15) is 49.1 Å². The fourth-order valence-electron chi connectivity index (χ4n) is 4.89. The largest absolute Gasteiger partial charge is 0.353 e. The highest BCUT2D eigenvalue weighted by Crippen LogP contribution is 2.42. The minimum absolute atomic E-state index is 0.312. The predicted molar refractivity (Wildman–Crippen MR) is 122 cm³/mol. The molecule has 1 aromatic carbocycles. The minimum atomic E-state index is 0.312. The van der Waals surface area contributed by atoms with Gasteiger partial charge >= 0.3 is 0 Å². The smallest absolute Gasteiger partial charge is 0.236 e. The van der Waals surface area contributed by atoms with Gasteiger partial charge in [-0.3, -0.25) is 14.7 Å². The molecule has 0 radical (unpaired) electrons. The third-order valence-corrected chi connectivity index (χ3v) is 6.89. The summed E-state index contributed by atoms with van der Waals surface area (Å²) < 4.78 is 0. The lowest BCUT2D eigenvalue weighted by atomic mass is 10.0. The summed E-state index contributed by atoms with van der Waals surface area (Å²) in [5.74, 6) is 1.91. The Kier molecular flexibility index (Phi) is 6.93. The second-order valence-corrected chi connectivity index (χ2v) is 9.06. The Labute approximate surface area is 181 Å². The van der Waals surface area contributed by atoms with Crippen LogP contribution in [0.5, 0.6) is 0 Å². The number of carbonyl (C=O) groups is 1. The molecule has 2 atom stereocenters. The molecule has 3 aliphatic rings. The van der Waals surface area contributed by atoms with E-state index in [2.05, 4.69) is 56.2 Å². The maximum absolute atomic E-state index is 12.7. The molecule has 0 aromatic heterocycles. The second kappa shape index (κ2) is 9.82. The van der Waals surface area contributed by atoms with Crippen LogP contribution in [-0.4, -0.2) is 85.5 Å². The van der Waals surface area contributed by atoms with Crippen molar-refractivity contribution in [1.29, 1.82) is 0 Å². The summed E-state index contributed by atoms with van der Waals surface area (Å²) >= 11 is 0. The van der Waals surface area contributed by atoms with Gasteiger partial charge in [-0.1, -0.05) is 37.1 Å². The average molecular weight is 412 g/mol. The fourth-order valence-corrected chi connectivity index (χ4v) is 4.89. The molecule has 2 aliphatic heterocycles. The van der Waals surface area contributed by atoms with E-state index in [1.54, 1.807) is 0 Å². The Hall–Kier alpha value is -2.08. The quantitative estimate of drug-likeness (QED) is 0.611. The molecule has 2 unspecified atom stereocenters. The maximum Gasteiger partial charge on any atom is 0.236 e. The molecule has 1 amide bonds. The number of aliphatic imine (C=N–C) groups is 1. The molecular formula is C24H37N5O. The number of piperazine rings is 1. The van der Waals surface area contributed by atoms with Crippen molar-refractivity contribution >= 4 is 11.9 Å². The Morgan fingerprint density at radius 3 is 2.37 bits per heavy atom. The van der Waals surface area contributed by atoms with Crippen molar-refractivity contribution in [1.82, 2.24) is 20.0 Å². The molecule has 1 aromatic rings. The molecule has 3 fully saturated rings. The number of amides is 1. The van der Waals surface area contributed by atoms with Crippen molar-refractivity contribution in [2.24, 2.45) is 4.99 Å². The van der Waals surface area contributed by atoms with Crippen molar-refractivity contribution < 1.29 is 4.79 Å². The maximum atomic E-state index is 12.7. The first-order valence-electron chi connectivity index (χ1n) is 11.7. The van der Waals surface area contributed by atoms with Gasteiger partial charge in [0.05, 0.1) is 6.54 Å². The van der Waals surface area contributed by atoms with Crippen LogP contribution in [0.2, 0.25) is 0 Å². The number of nitrogens with zero attached hydrogens (tertiary/aromatic N) is 4. The highest BCUT2D eigenvalue weighted by Gasteiger charge is 2.40. The second-order valence-electron chi connectivity index (χ2n) is 9.06. The van der Waals surface area contributed by atoms with E-state index < -0.39 is 0 Å². The van der Waals surface area contributed by atoms with Crippen molar-refractivity contribution in [3.63, 3.8) is 0 Å². The molecule has 1 saturated carbocycles. The first kappa shape index (κ1) is 21.2. The lowest BCUT2D eigenvalue weighted by Crippen LogP contribution is -2.54. The van der Waals surface area contributed by atoms with Crippen molar-refractivity contribution in [3.05, 3.63) is 35.4 Å². The Bertz CT molecular complexity index is 748. The molecule has 1 N–H and O–H groups in total. The van der Waals surface area contributed by atoms with Gasteiger partial charge in [0, 0.05) is 58.3 Å². The third kappa shape index (κ3) is 5.15. The lowest BCUT2D eigenvalue weighted by molar-refractivity contribution is -0.132. The van der Waals surface area contributed by atoms with Crippen molar-refractivity contribution in [3.8, 4) is 0 Å². The Morgan fingerprint density at radius 1 is 1.00 bits per heavy atom. The highest BCUT2D eigenvalue weighted by molar-refractivity contribution is 5.81. The van der Waals surface area contributed by atoms with Crippen molar-refractivity contribution in [2.75, 3.05) is 52.9 Å². The molecular weight excluding hydrogens is 374 g/mol. The molecule has 2 heterocycles. The number of nitrogens with one attached hydrogen (secondary N) is 1. The van der Waals surface area contributed by atoms with Gasteiger partial charge in [0.15, 0.2) is 5.96 Å². The van der Waals surface area contributed by atoms with E-state index in [0.29, 0.717) is 24.4 Å². The fraction of sp³-hybridized carbons (Fsp3) is 0.667. The first-order valence-corrected chi connectivity index (χ1v) is 11.7. The van der Waals surface area contributed by atoms with E-state index in [9.17, 15) is 4.79 Å². The molecule has 4 rings (SSSR count). The number of rotatable bonds is 4. The lowest BCUT2D eigenvalue weighted by Gasteiger charge is -2.37. The number of aryl methyl sites for hydroxylation is 1. The van der Waals surface area contributed by atoms with Crippen LogP contribution in [0, 0.1) is 6.92 Å². The summed E-state index contributed by atoms with van der Waals surface area (Å²) in [6.07, 6.45) is 6.02. The van der Waals surface area contributed by atoms with Crippen molar-refractivity contribution in [2.45, 2.75) is 51.0 Å². The first-order chi connectivity index (χ1) is 14.7. The van der Waals surface area contributed by atoms with E-state index in [4.69, 9.17) is 0 Å². The van der Waals surface area contributed by atoms with Crippen LogP contribution in [-0.2, 0) is 4.79 Å². The normalized spacial score (nSPS) is 25.7. The summed E-state index contributed by atoms with van der Waals surface area (Å²) in [7, 11) is 1.88. The van der Waals surface area contributed by atoms with E-state index in [-0.39, 0.29) is 0 Å². The SMILES string of the molecule is CN=C(NC1CC1c1ccccc1C)N1CCN(CC(=O)N2CCCCCC2)CC1. The van der Waals surface area contributed by atoms with Crippen LogP contribution in [0.25, 0.3) is 0 Å². The van der Waals surface area contributed by atoms with Gasteiger partial charge in [0.25, 0.3) is 0 Å². The number of carbonyl (C=O) groups excluding carboxylic acids is 1. The zero-order valence-corrected chi connectivity index (χ0v) is 18.6. The van der Waals surface area contributed by atoms with Gasteiger partial charge in [-0.15, -0.1) is 0 Å². The Balaban J connectivity index is 1.23. The van der Waals surface area contributed by atoms with E-state index in [1.165, 1.54) is 30.4 Å². The van der Waals surface area contributed by atoms with Gasteiger partial charge in [-0.05, 0) is 37.3 Å². The summed E-state index contributed by atoms with van der Waals surface area (Å²) in [4.78, 5) is 24.0. The zero-order valence-electron chi connectivity index (χ0n) is 18.6. The molecule has 1 aliphatic carbocycles. The van der Waals surface area contributed by atoms with Crippen LogP contribution in [0.3, 0.4) is 0 Å². The van der Waals surface area contributed by atoms with Crippen LogP contribution >= 0.6 is 0 Å². The number of benzene rings is 1. The predicted octanol–water partition coefficient (Wildman–Crippen LogP) is 2.45. The van der Waals surface area contributed by atoms with Gasteiger partial charge in [0.1, 0.15) is 0 Å². The summed E-state index contributed by atoms with van der Waals surface area (Å²) in [6, 6.07) is 9.18. The molecule has 6 heteroatoms. The topological polar surface area (TPSA) is 51.2 Å². The van der Waals surface area contributed by atoms with E-state index in [1.807, 2.05) is 7.05 Å². The van der Waals surface area contributed by atoms with Crippen LogP contribution < -0.4 is 5.32 Å². The van der Waals surface area contributed by atoms with Crippen LogP contribution in [0.4, 0.5) is 0 Å². The molecule has 6 nitrogen and oxygen atoms in total. The number of likely N-dealkylation sites (tertiary alicyclic amines) is 1. The van der Waals surface area contributed by atoms with Gasteiger partial charge in [-0.2, -0.15) is 0 Å². The minimum Gasteiger partial charge on any atom is -0.353 e. The third-order valence-electron chi connectivity index (χ3n) is 6.89. The van der Waals surface area contributed by atoms with Gasteiger partial charge in [0.2, 0.25) is 5.91 Å².